The third-order valence-electron chi connectivity index (χ3n) is 4.65. The zero-order valence-corrected chi connectivity index (χ0v) is 18.3. The zero-order chi connectivity index (χ0) is 21.6. The van der Waals surface area contributed by atoms with Crippen LogP contribution in [-0.2, 0) is 14.8 Å². The van der Waals surface area contributed by atoms with Crippen LogP contribution in [0.1, 0.15) is 28.8 Å². The lowest BCUT2D eigenvalue weighted by Gasteiger charge is -2.13. The standard InChI is InChI=1S/C21H25ClN2O5S/c1-15-4-2-5-17(12-15)29-11-9-23-21(25)16-7-8-19(22)20(13-16)30(26,27)24-14-18-6-3-10-28-18/h2,4-5,7-8,12-13,18,24H,3,6,9-11,14H2,1H3,(H,23,25). The van der Waals surface area contributed by atoms with E-state index in [1.165, 1.54) is 18.2 Å². The number of aryl methyl sites for hydroxylation is 1. The molecule has 1 saturated heterocycles. The number of sulfonamides is 1. The van der Waals surface area contributed by atoms with Gasteiger partial charge in [0, 0.05) is 18.7 Å². The summed E-state index contributed by atoms with van der Waals surface area (Å²) in [5.74, 6) is 0.316. The number of nitrogens with one attached hydrogen (secondary N) is 2. The second-order valence-corrected chi connectivity index (χ2v) is 9.20. The van der Waals surface area contributed by atoms with E-state index in [1.54, 1.807) is 0 Å². The second kappa shape index (κ2) is 10.3. The van der Waals surface area contributed by atoms with Crippen LogP contribution < -0.4 is 14.8 Å². The van der Waals surface area contributed by atoms with Crippen LogP contribution in [0, 0.1) is 6.92 Å². The number of carbonyl (C=O) groups excluding carboxylic acids is 1. The maximum absolute atomic E-state index is 12.6. The van der Waals surface area contributed by atoms with Crippen LogP contribution in [0.3, 0.4) is 0 Å². The Labute approximate surface area is 181 Å². The van der Waals surface area contributed by atoms with Crippen molar-refractivity contribution in [2.24, 2.45) is 0 Å². The lowest BCUT2D eigenvalue weighted by Crippen LogP contribution is -2.32. The van der Waals surface area contributed by atoms with Gasteiger partial charge in [0.1, 0.15) is 17.3 Å². The topological polar surface area (TPSA) is 93.7 Å². The molecule has 1 fully saturated rings. The number of carbonyl (C=O) groups is 1. The van der Waals surface area contributed by atoms with E-state index in [9.17, 15) is 13.2 Å². The molecule has 0 radical (unpaired) electrons. The Kier molecular flexibility index (Phi) is 7.71. The average Bonchev–Trinajstić information content (AvgIpc) is 3.24. The van der Waals surface area contributed by atoms with E-state index in [0.29, 0.717) is 6.61 Å². The molecule has 9 heteroatoms. The normalized spacial score (nSPS) is 16.4. The minimum Gasteiger partial charge on any atom is -0.492 e. The summed E-state index contributed by atoms with van der Waals surface area (Å²) in [6, 6.07) is 11.8. The van der Waals surface area contributed by atoms with E-state index in [4.69, 9.17) is 21.1 Å². The number of hydrogen-bond donors (Lipinski definition) is 2. The highest BCUT2D eigenvalue weighted by atomic mass is 35.5. The van der Waals surface area contributed by atoms with Gasteiger partial charge in [0.05, 0.1) is 17.7 Å². The van der Waals surface area contributed by atoms with Crippen molar-refractivity contribution >= 4 is 27.5 Å². The summed E-state index contributed by atoms with van der Waals surface area (Å²) in [5, 5.41) is 2.77. The van der Waals surface area contributed by atoms with Crippen LogP contribution in [0.2, 0.25) is 5.02 Å². The first kappa shape index (κ1) is 22.6. The molecule has 1 unspecified atom stereocenters. The first-order valence-electron chi connectivity index (χ1n) is 9.73. The molecule has 0 aliphatic carbocycles. The number of ether oxygens (including phenoxy) is 2. The van der Waals surface area contributed by atoms with Gasteiger partial charge in [-0.2, -0.15) is 0 Å². The van der Waals surface area contributed by atoms with Crippen LogP contribution in [0.25, 0.3) is 0 Å². The predicted octanol–water partition coefficient (Wildman–Crippen LogP) is 2.91. The fraction of sp³-hybridized carbons (Fsp3) is 0.381. The van der Waals surface area contributed by atoms with Crippen molar-refractivity contribution in [1.82, 2.24) is 10.0 Å². The van der Waals surface area contributed by atoms with E-state index in [2.05, 4.69) is 10.0 Å². The molecule has 7 nitrogen and oxygen atoms in total. The molecule has 3 rings (SSSR count). The number of halogens is 1. The maximum Gasteiger partial charge on any atom is 0.251 e. The molecule has 1 heterocycles. The van der Waals surface area contributed by atoms with E-state index in [-0.39, 0.29) is 41.3 Å². The fourth-order valence-corrected chi connectivity index (χ4v) is 4.67. The van der Waals surface area contributed by atoms with E-state index < -0.39 is 15.9 Å². The van der Waals surface area contributed by atoms with Crippen molar-refractivity contribution < 1.29 is 22.7 Å². The van der Waals surface area contributed by atoms with Crippen molar-refractivity contribution in [3.05, 3.63) is 58.6 Å². The van der Waals surface area contributed by atoms with Gasteiger partial charge in [-0.15, -0.1) is 0 Å². The van der Waals surface area contributed by atoms with Gasteiger partial charge in [0.15, 0.2) is 0 Å². The first-order valence-corrected chi connectivity index (χ1v) is 11.6. The molecule has 1 aliphatic rings. The van der Waals surface area contributed by atoms with Crippen molar-refractivity contribution in [3.63, 3.8) is 0 Å². The molecular weight excluding hydrogens is 428 g/mol. The maximum atomic E-state index is 12.6. The molecular formula is C21H25ClN2O5S. The smallest absolute Gasteiger partial charge is 0.251 e. The van der Waals surface area contributed by atoms with Gasteiger partial charge >= 0.3 is 0 Å². The van der Waals surface area contributed by atoms with E-state index >= 15 is 0 Å². The van der Waals surface area contributed by atoms with Gasteiger partial charge in [0.25, 0.3) is 5.91 Å². The molecule has 0 saturated carbocycles. The Bertz CT molecular complexity index is 991. The molecule has 30 heavy (non-hydrogen) atoms. The lowest BCUT2D eigenvalue weighted by molar-refractivity contribution is 0.0946. The molecule has 1 atom stereocenters. The quantitative estimate of drug-likeness (QED) is 0.570. The Balaban J connectivity index is 1.57. The minimum absolute atomic E-state index is 0.0502. The van der Waals surface area contributed by atoms with Gasteiger partial charge < -0.3 is 14.8 Å². The van der Waals surface area contributed by atoms with E-state index in [1.807, 2.05) is 31.2 Å². The summed E-state index contributed by atoms with van der Waals surface area (Å²) in [5.41, 5.74) is 1.28. The van der Waals surface area contributed by atoms with Crippen LogP contribution in [0.5, 0.6) is 5.75 Å². The Hall–Kier alpha value is -2.13. The number of hydrogen-bond acceptors (Lipinski definition) is 5. The number of rotatable bonds is 9. The number of amides is 1. The highest BCUT2D eigenvalue weighted by Crippen LogP contribution is 2.23. The molecule has 0 bridgehead atoms. The van der Waals surface area contributed by atoms with Gasteiger partial charge in [-0.1, -0.05) is 23.7 Å². The minimum atomic E-state index is -3.87. The van der Waals surface area contributed by atoms with Crippen molar-refractivity contribution in [2.75, 3.05) is 26.3 Å². The Morgan fingerprint density at radius 2 is 2.10 bits per heavy atom. The van der Waals surface area contributed by atoms with Crippen molar-refractivity contribution in [1.29, 1.82) is 0 Å². The zero-order valence-electron chi connectivity index (χ0n) is 16.7. The molecule has 1 amide bonds. The molecule has 0 spiro atoms. The van der Waals surface area contributed by atoms with Crippen LogP contribution in [-0.4, -0.2) is 46.7 Å². The summed E-state index contributed by atoms with van der Waals surface area (Å²) in [6.45, 7) is 3.34. The summed E-state index contributed by atoms with van der Waals surface area (Å²) < 4.78 is 38.8. The predicted molar refractivity (Wildman–Crippen MR) is 115 cm³/mol. The van der Waals surface area contributed by atoms with Gasteiger partial charge in [-0.3, -0.25) is 4.79 Å². The molecule has 162 valence electrons. The summed E-state index contributed by atoms with van der Waals surface area (Å²) in [6.07, 6.45) is 1.58. The van der Waals surface area contributed by atoms with Crippen LogP contribution >= 0.6 is 11.6 Å². The van der Waals surface area contributed by atoms with Crippen LogP contribution in [0.15, 0.2) is 47.4 Å². The fourth-order valence-electron chi connectivity index (χ4n) is 3.08. The Morgan fingerprint density at radius 3 is 2.83 bits per heavy atom. The van der Waals surface area contributed by atoms with Crippen LogP contribution in [0.4, 0.5) is 0 Å². The van der Waals surface area contributed by atoms with Gasteiger partial charge in [0.2, 0.25) is 10.0 Å². The third-order valence-corrected chi connectivity index (χ3v) is 6.56. The molecule has 2 aromatic carbocycles. The van der Waals surface area contributed by atoms with E-state index in [0.717, 1.165) is 24.2 Å². The van der Waals surface area contributed by atoms with Gasteiger partial charge in [-0.05, 0) is 55.7 Å². The summed E-state index contributed by atoms with van der Waals surface area (Å²) >= 11 is 6.09. The monoisotopic (exact) mass is 452 g/mol. The molecule has 2 N–H and O–H groups in total. The summed E-state index contributed by atoms with van der Waals surface area (Å²) in [4.78, 5) is 12.3. The SMILES string of the molecule is Cc1cccc(OCCNC(=O)c2ccc(Cl)c(S(=O)(=O)NCC3CCCO3)c2)c1. The Morgan fingerprint density at radius 1 is 1.27 bits per heavy atom. The first-order chi connectivity index (χ1) is 14.3. The van der Waals surface area contributed by atoms with Crippen molar-refractivity contribution in [3.8, 4) is 5.75 Å². The van der Waals surface area contributed by atoms with Gasteiger partial charge in [-0.25, -0.2) is 13.1 Å². The molecule has 0 aromatic heterocycles. The lowest BCUT2D eigenvalue weighted by atomic mass is 10.2. The molecule has 1 aliphatic heterocycles. The highest BCUT2D eigenvalue weighted by molar-refractivity contribution is 7.89. The summed E-state index contributed by atoms with van der Waals surface area (Å²) in [7, 11) is -3.87. The second-order valence-electron chi connectivity index (χ2n) is 7.05. The average molecular weight is 453 g/mol. The largest absolute Gasteiger partial charge is 0.492 e. The van der Waals surface area contributed by atoms with Crippen molar-refractivity contribution in [2.45, 2.75) is 30.8 Å². The number of benzene rings is 2. The highest BCUT2D eigenvalue weighted by Gasteiger charge is 2.23. The molecule has 2 aromatic rings. The third kappa shape index (κ3) is 6.18.